The molecule has 2 aromatic rings. The SMILES string of the molecule is Cc1ccccc1C=NOCc1cc(Cl)c2c(c1)OCO2. The van der Waals surface area contributed by atoms with E-state index in [1.165, 1.54) is 0 Å². The van der Waals surface area contributed by atoms with Crippen LogP contribution in [0.3, 0.4) is 0 Å². The Labute approximate surface area is 127 Å². The monoisotopic (exact) mass is 303 g/mol. The number of nitrogens with zero attached hydrogens (tertiary/aromatic N) is 1. The van der Waals surface area contributed by atoms with Crippen LogP contribution in [0, 0.1) is 6.92 Å². The van der Waals surface area contributed by atoms with E-state index in [1.807, 2.05) is 37.3 Å². The molecular formula is C16H14ClNO3. The Morgan fingerprint density at radius 2 is 2.14 bits per heavy atom. The highest BCUT2D eigenvalue weighted by atomic mass is 35.5. The second kappa shape index (κ2) is 6.06. The lowest BCUT2D eigenvalue weighted by Gasteiger charge is -2.04. The number of rotatable bonds is 4. The molecule has 0 radical (unpaired) electrons. The standard InChI is InChI=1S/C16H14ClNO3/c1-11-4-2-3-5-13(11)8-18-21-9-12-6-14(17)16-15(7-12)19-10-20-16/h2-8H,9-10H2,1H3. The van der Waals surface area contributed by atoms with Crippen molar-refractivity contribution in [3.63, 3.8) is 0 Å². The maximum absolute atomic E-state index is 6.11. The normalized spacial score (nSPS) is 12.9. The van der Waals surface area contributed by atoms with Gasteiger partial charge in [0.2, 0.25) is 6.79 Å². The van der Waals surface area contributed by atoms with Crippen LogP contribution in [0.15, 0.2) is 41.6 Å². The van der Waals surface area contributed by atoms with Crippen LogP contribution in [0.4, 0.5) is 0 Å². The summed E-state index contributed by atoms with van der Waals surface area (Å²) in [4.78, 5) is 5.31. The number of aryl methyl sites for hydroxylation is 1. The molecule has 0 saturated carbocycles. The lowest BCUT2D eigenvalue weighted by molar-refractivity contribution is 0.132. The summed E-state index contributed by atoms with van der Waals surface area (Å²) in [5, 5.41) is 4.50. The van der Waals surface area contributed by atoms with Gasteiger partial charge in [-0.25, -0.2) is 0 Å². The van der Waals surface area contributed by atoms with Gasteiger partial charge in [0.05, 0.1) is 11.2 Å². The van der Waals surface area contributed by atoms with Crippen molar-refractivity contribution in [1.82, 2.24) is 0 Å². The number of ether oxygens (including phenoxy) is 2. The van der Waals surface area contributed by atoms with Crippen molar-refractivity contribution in [2.75, 3.05) is 6.79 Å². The van der Waals surface area contributed by atoms with E-state index < -0.39 is 0 Å². The highest BCUT2D eigenvalue weighted by molar-refractivity contribution is 6.32. The predicted octanol–water partition coefficient (Wildman–Crippen LogP) is 3.93. The molecule has 0 N–H and O–H groups in total. The summed E-state index contributed by atoms with van der Waals surface area (Å²) in [5.74, 6) is 1.23. The summed E-state index contributed by atoms with van der Waals surface area (Å²) < 4.78 is 10.6. The van der Waals surface area contributed by atoms with Crippen LogP contribution >= 0.6 is 11.6 Å². The minimum Gasteiger partial charge on any atom is -0.454 e. The Balaban J connectivity index is 1.64. The summed E-state index contributed by atoms with van der Waals surface area (Å²) >= 11 is 6.11. The Morgan fingerprint density at radius 1 is 1.29 bits per heavy atom. The number of hydrogen-bond acceptors (Lipinski definition) is 4. The van der Waals surface area contributed by atoms with Gasteiger partial charge < -0.3 is 14.3 Å². The van der Waals surface area contributed by atoms with E-state index in [0.29, 0.717) is 23.1 Å². The molecule has 108 valence electrons. The fourth-order valence-electron chi connectivity index (χ4n) is 2.04. The molecule has 4 nitrogen and oxygen atoms in total. The van der Waals surface area contributed by atoms with E-state index in [0.717, 1.165) is 16.7 Å². The average Bonchev–Trinajstić information content (AvgIpc) is 2.94. The lowest BCUT2D eigenvalue weighted by atomic mass is 10.1. The predicted molar refractivity (Wildman–Crippen MR) is 81.1 cm³/mol. The highest BCUT2D eigenvalue weighted by Crippen LogP contribution is 2.39. The van der Waals surface area contributed by atoms with Crippen molar-refractivity contribution >= 4 is 17.8 Å². The number of benzene rings is 2. The van der Waals surface area contributed by atoms with Crippen molar-refractivity contribution in [1.29, 1.82) is 0 Å². The topological polar surface area (TPSA) is 40.0 Å². The smallest absolute Gasteiger partial charge is 0.231 e. The zero-order valence-electron chi connectivity index (χ0n) is 11.5. The molecular weight excluding hydrogens is 290 g/mol. The van der Waals surface area contributed by atoms with Crippen molar-refractivity contribution in [2.24, 2.45) is 5.16 Å². The van der Waals surface area contributed by atoms with E-state index in [9.17, 15) is 0 Å². The van der Waals surface area contributed by atoms with Crippen LogP contribution in [0.1, 0.15) is 16.7 Å². The van der Waals surface area contributed by atoms with Gasteiger partial charge in [-0.05, 0) is 35.7 Å². The summed E-state index contributed by atoms with van der Waals surface area (Å²) in [5.41, 5.74) is 3.06. The number of halogens is 1. The second-order valence-corrected chi connectivity index (χ2v) is 5.08. The minimum absolute atomic E-state index is 0.199. The lowest BCUT2D eigenvalue weighted by Crippen LogP contribution is -1.93. The first kappa shape index (κ1) is 13.8. The Hall–Kier alpha value is -2.20. The van der Waals surface area contributed by atoms with Crippen LogP contribution in [0.5, 0.6) is 11.5 Å². The molecule has 1 heterocycles. The van der Waals surface area contributed by atoms with Crippen molar-refractivity contribution < 1.29 is 14.3 Å². The third-order valence-corrected chi connectivity index (χ3v) is 3.45. The van der Waals surface area contributed by atoms with Crippen molar-refractivity contribution in [3.05, 3.63) is 58.1 Å². The Bertz CT molecular complexity index is 685. The molecule has 0 aliphatic carbocycles. The molecule has 21 heavy (non-hydrogen) atoms. The van der Waals surface area contributed by atoms with E-state index in [4.69, 9.17) is 25.9 Å². The van der Waals surface area contributed by atoms with Gasteiger partial charge in [0.15, 0.2) is 11.5 Å². The highest BCUT2D eigenvalue weighted by Gasteiger charge is 2.18. The third-order valence-electron chi connectivity index (χ3n) is 3.17. The zero-order valence-corrected chi connectivity index (χ0v) is 12.3. The van der Waals surface area contributed by atoms with Crippen LogP contribution in [0.25, 0.3) is 0 Å². The molecule has 1 aliphatic heterocycles. The molecule has 0 bridgehead atoms. The molecule has 0 fully saturated rings. The molecule has 0 atom stereocenters. The number of hydrogen-bond donors (Lipinski definition) is 0. The molecule has 1 aliphatic rings. The molecule has 2 aromatic carbocycles. The summed E-state index contributed by atoms with van der Waals surface area (Å²) in [6.07, 6.45) is 1.70. The summed E-state index contributed by atoms with van der Waals surface area (Å²) in [6.45, 7) is 2.54. The first-order valence-corrected chi connectivity index (χ1v) is 6.91. The van der Waals surface area contributed by atoms with Gasteiger partial charge in [0.1, 0.15) is 6.61 Å². The molecule has 0 saturated heterocycles. The molecule has 0 amide bonds. The molecule has 0 aromatic heterocycles. The van der Waals surface area contributed by atoms with Gasteiger partial charge in [-0.15, -0.1) is 0 Å². The minimum atomic E-state index is 0.199. The number of oxime groups is 1. The quantitative estimate of drug-likeness (QED) is 0.635. The largest absolute Gasteiger partial charge is 0.454 e. The Morgan fingerprint density at radius 3 is 3.00 bits per heavy atom. The van der Waals surface area contributed by atoms with Gasteiger partial charge in [0.25, 0.3) is 0 Å². The zero-order chi connectivity index (χ0) is 14.7. The summed E-state index contributed by atoms with van der Waals surface area (Å²) in [7, 11) is 0. The van der Waals surface area contributed by atoms with E-state index in [1.54, 1.807) is 12.3 Å². The molecule has 0 spiro atoms. The van der Waals surface area contributed by atoms with Crippen LogP contribution in [-0.2, 0) is 11.4 Å². The molecule has 3 rings (SSSR count). The van der Waals surface area contributed by atoms with Gasteiger partial charge in [0, 0.05) is 0 Å². The van der Waals surface area contributed by atoms with Crippen molar-refractivity contribution in [3.8, 4) is 11.5 Å². The van der Waals surface area contributed by atoms with Crippen molar-refractivity contribution in [2.45, 2.75) is 13.5 Å². The number of fused-ring (bicyclic) bond motifs is 1. The van der Waals surface area contributed by atoms with E-state index in [-0.39, 0.29) is 6.79 Å². The van der Waals surface area contributed by atoms with E-state index >= 15 is 0 Å². The third kappa shape index (κ3) is 3.11. The van der Waals surface area contributed by atoms with Gasteiger partial charge in [-0.2, -0.15) is 0 Å². The Kier molecular flexibility index (Phi) is 3.97. The average molecular weight is 304 g/mol. The van der Waals surface area contributed by atoms with Crippen LogP contribution in [-0.4, -0.2) is 13.0 Å². The maximum atomic E-state index is 6.11. The fourth-order valence-corrected chi connectivity index (χ4v) is 2.33. The fraction of sp³-hybridized carbons (Fsp3) is 0.188. The first-order chi connectivity index (χ1) is 10.2. The van der Waals surface area contributed by atoms with Gasteiger partial charge in [-0.1, -0.05) is 41.0 Å². The van der Waals surface area contributed by atoms with Gasteiger partial charge >= 0.3 is 0 Å². The summed E-state index contributed by atoms with van der Waals surface area (Å²) in [6, 6.07) is 11.6. The second-order valence-electron chi connectivity index (χ2n) is 4.68. The maximum Gasteiger partial charge on any atom is 0.231 e. The van der Waals surface area contributed by atoms with Crippen LogP contribution in [0.2, 0.25) is 5.02 Å². The van der Waals surface area contributed by atoms with Gasteiger partial charge in [-0.3, -0.25) is 0 Å². The molecule has 5 heteroatoms. The first-order valence-electron chi connectivity index (χ1n) is 6.53. The van der Waals surface area contributed by atoms with E-state index in [2.05, 4.69) is 5.16 Å². The molecule has 0 unspecified atom stereocenters. The van der Waals surface area contributed by atoms with Crippen LogP contribution < -0.4 is 9.47 Å².